The van der Waals surface area contributed by atoms with Crippen molar-refractivity contribution in [2.45, 2.75) is 6.04 Å². The lowest BCUT2D eigenvalue weighted by molar-refractivity contribution is -0.140. The van der Waals surface area contributed by atoms with Crippen LogP contribution < -0.4 is 4.74 Å². The molecule has 1 atom stereocenters. The molecule has 0 spiro atoms. The quantitative estimate of drug-likeness (QED) is 0.416. The Bertz CT molecular complexity index is 1040. The van der Waals surface area contributed by atoms with Crippen molar-refractivity contribution in [3.63, 3.8) is 0 Å². The van der Waals surface area contributed by atoms with Crippen LogP contribution in [0.3, 0.4) is 0 Å². The standard InChI is InChI=1S/C23H24FN3O5/c1-31-18-3-2-16(14-17(18)24)21(28)19-20(15-4-6-25-7-5-15)27(23(30)22(19)29)9-8-26-10-12-32-13-11-26/h2-7,14,20,28H,8-13H2,1H3/b21-19+. The zero-order valence-corrected chi connectivity index (χ0v) is 17.7. The third kappa shape index (κ3) is 4.21. The number of rotatable bonds is 6. The number of morpholine rings is 1. The monoisotopic (exact) mass is 441 g/mol. The number of ketones is 1. The molecule has 1 aromatic carbocycles. The smallest absolute Gasteiger partial charge is 0.295 e. The van der Waals surface area contributed by atoms with E-state index in [9.17, 15) is 19.1 Å². The Balaban J connectivity index is 1.72. The molecule has 1 amide bonds. The molecule has 3 heterocycles. The highest BCUT2D eigenvalue weighted by molar-refractivity contribution is 6.46. The Morgan fingerprint density at radius 1 is 1.19 bits per heavy atom. The molecule has 8 nitrogen and oxygen atoms in total. The fraction of sp³-hybridized carbons (Fsp3) is 0.348. The highest BCUT2D eigenvalue weighted by Crippen LogP contribution is 2.39. The van der Waals surface area contributed by atoms with Gasteiger partial charge in [0.05, 0.1) is 31.9 Å². The summed E-state index contributed by atoms with van der Waals surface area (Å²) in [6, 6.07) is 6.48. The summed E-state index contributed by atoms with van der Waals surface area (Å²) in [6.45, 7) is 3.59. The van der Waals surface area contributed by atoms with Gasteiger partial charge in [-0.15, -0.1) is 0 Å². The van der Waals surface area contributed by atoms with Crippen LogP contribution in [0, 0.1) is 5.82 Å². The SMILES string of the molecule is COc1ccc(/C(O)=C2\C(=O)C(=O)N(CCN3CCOCC3)C2c2ccncc2)cc1F. The molecule has 2 aliphatic heterocycles. The second kappa shape index (κ2) is 9.46. The first-order chi connectivity index (χ1) is 15.5. The maximum Gasteiger partial charge on any atom is 0.295 e. The maximum atomic E-state index is 14.3. The molecule has 0 bridgehead atoms. The minimum atomic E-state index is -0.803. The zero-order chi connectivity index (χ0) is 22.7. The second-order valence-corrected chi connectivity index (χ2v) is 7.58. The van der Waals surface area contributed by atoms with E-state index in [1.807, 2.05) is 0 Å². The summed E-state index contributed by atoms with van der Waals surface area (Å²) in [4.78, 5) is 33.6. The number of hydrogen-bond acceptors (Lipinski definition) is 7. The number of carbonyl (C=O) groups excluding carboxylic acids is 2. The van der Waals surface area contributed by atoms with Crippen molar-refractivity contribution in [3.05, 3.63) is 65.2 Å². The number of aliphatic hydroxyl groups excluding tert-OH is 1. The Kier molecular flexibility index (Phi) is 6.48. The summed E-state index contributed by atoms with van der Waals surface area (Å²) in [6.07, 6.45) is 3.12. The second-order valence-electron chi connectivity index (χ2n) is 7.58. The van der Waals surface area contributed by atoms with Gasteiger partial charge in [-0.25, -0.2) is 4.39 Å². The lowest BCUT2D eigenvalue weighted by Gasteiger charge is -2.31. The third-order valence-corrected chi connectivity index (χ3v) is 5.75. The van der Waals surface area contributed by atoms with Crippen molar-refractivity contribution < 1.29 is 28.6 Å². The molecular formula is C23H24FN3O5. The molecule has 32 heavy (non-hydrogen) atoms. The molecule has 1 aromatic heterocycles. The molecule has 1 N–H and O–H groups in total. The molecule has 2 fully saturated rings. The topological polar surface area (TPSA) is 92.2 Å². The number of ether oxygens (including phenoxy) is 2. The average molecular weight is 441 g/mol. The summed E-state index contributed by atoms with van der Waals surface area (Å²) in [5.74, 6) is -2.60. The van der Waals surface area contributed by atoms with Crippen molar-refractivity contribution in [1.82, 2.24) is 14.8 Å². The molecule has 2 saturated heterocycles. The Morgan fingerprint density at radius 3 is 2.56 bits per heavy atom. The van der Waals surface area contributed by atoms with Gasteiger partial charge in [0.25, 0.3) is 11.7 Å². The van der Waals surface area contributed by atoms with Crippen LogP contribution in [0.1, 0.15) is 17.2 Å². The first-order valence-electron chi connectivity index (χ1n) is 10.3. The van der Waals surface area contributed by atoms with Crippen molar-refractivity contribution >= 4 is 17.4 Å². The van der Waals surface area contributed by atoms with Gasteiger partial charge < -0.3 is 19.5 Å². The van der Waals surface area contributed by atoms with E-state index in [0.29, 0.717) is 31.9 Å². The van der Waals surface area contributed by atoms with Crippen molar-refractivity contribution in [2.24, 2.45) is 0 Å². The van der Waals surface area contributed by atoms with E-state index >= 15 is 0 Å². The highest BCUT2D eigenvalue weighted by atomic mass is 19.1. The van der Waals surface area contributed by atoms with Gasteiger partial charge in [-0.05, 0) is 35.9 Å². The molecule has 9 heteroatoms. The van der Waals surface area contributed by atoms with Crippen LogP contribution in [-0.4, -0.2) is 78.1 Å². The molecule has 4 rings (SSSR count). The number of aromatic nitrogens is 1. The van der Waals surface area contributed by atoms with E-state index < -0.39 is 29.3 Å². The first kappa shape index (κ1) is 21.9. The molecule has 1 unspecified atom stereocenters. The summed E-state index contributed by atoms with van der Waals surface area (Å²) in [5, 5.41) is 11.0. The Morgan fingerprint density at radius 2 is 1.91 bits per heavy atom. The van der Waals surface area contributed by atoms with Gasteiger partial charge >= 0.3 is 0 Å². The molecule has 0 radical (unpaired) electrons. The van der Waals surface area contributed by atoms with Crippen LogP contribution in [-0.2, 0) is 14.3 Å². The number of carbonyl (C=O) groups is 2. The van der Waals surface area contributed by atoms with Crippen LogP contribution >= 0.6 is 0 Å². The summed E-state index contributed by atoms with van der Waals surface area (Å²) < 4.78 is 24.5. The van der Waals surface area contributed by atoms with E-state index in [0.717, 1.165) is 19.2 Å². The fourth-order valence-electron chi connectivity index (χ4n) is 4.05. The van der Waals surface area contributed by atoms with Crippen molar-refractivity contribution in [3.8, 4) is 5.75 Å². The van der Waals surface area contributed by atoms with Gasteiger partial charge in [0.2, 0.25) is 0 Å². The predicted molar refractivity (Wildman–Crippen MR) is 113 cm³/mol. The highest BCUT2D eigenvalue weighted by Gasteiger charge is 2.46. The van der Waals surface area contributed by atoms with Crippen molar-refractivity contribution in [2.75, 3.05) is 46.5 Å². The predicted octanol–water partition coefficient (Wildman–Crippen LogP) is 1.98. The van der Waals surface area contributed by atoms with Crippen LogP contribution in [0.25, 0.3) is 5.76 Å². The van der Waals surface area contributed by atoms with Gasteiger partial charge in [0.1, 0.15) is 5.76 Å². The maximum absolute atomic E-state index is 14.3. The number of benzene rings is 1. The van der Waals surface area contributed by atoms with Gasteiger partial charge in [-0.2, -0.15) is 0 Å². The average Bonchev–Trinajstić information content (AvgIpc) is 3.08. The summed E-state index contributed by atoms with van der Waals surface area (Å²) >= 11 is 0. The number of pyridine rings is 1. The van der Waals surface area contributed by atoms with Gasteiger partial charge in [0, 0.05) is 44.1 Å². The number of nitrogens with zero attached hydrogens (tertiary/aromatic N) is 3. The van der Waals surface area contributed by atoms with E-state index in [4.69, 9.17) is 9.47 Å². The number of hydrogen-bond donors (Lipinski definition) is 1. The van der Waals surface area contributed by atoms with E-state index in [1.54, 1.807) is 24.5 Å². The Labute approximate surface area is 184 Å². The number of aliphatic hydroxyl groups is 1. The van der Waals surface area contributed by atoms with Crippen LogP contribution in [0.2, 0.25) is 0 Å². The van der Waals surface area contributed by atoms with E-state index in [-0.39, 0.29) is 16.9 Å². The van der Waals surface area contributed by atoms with E-state index in [1.165, 1.54) is 24.1 Å². The minimum Gasteiger partial charge on any atom is -0.507 e. The number of amides is 1. The fourth-order valence-corrected chi connectivity index (χ4v) is 4.05. The number of halogens is 1. The van der Waals surface area contributed by atoms with E-state index in [2.05, 4.69) is 9.88 Å². The molecule has 2 aromatic rings. The lowest BCUT2D eigenvalue weighted by Crippen LogP contribution is -2.42. The minimum absolute atomic E-state index is 0.0122. The third-order valence-electron chi connectivity index (χ3n) is 5.75. The van der Waals surface area contributed by atoms with Crippen molar-refractivity contribution in [1.29, 1.82) is 0 Å². The summed E-state index contributed by atoms with van der Waals surface area (Å²) in [7, 11) is 1.33. The first-order valence-corrected chi connectivity index (χ1v) is 10.3. The number of methoxy groups -OCH3 is 1. The number of likely N-dealkylation sites (tertiary alicyclic amines) is 1. The van der Waals surface area contributed by atoms with Gasteiger partial charge in [0.15, 0.2) is 11.6 Å². The molecule has 0 aliphatic carbocycles. The summed E-state index contributed by atoms with van der Waals surface area (Å²) in [5.41, 5.74) is 0.651. The largest absolute Gasteiger partial charge is 0.507 e. The van der Waals surface area contributed by atoms with Gasteiger partial charge in [-0.3, -0.25) is 19.5 Å². The molecule has 0 saturated carbocycles. The van der Waals surface area contributed by atoms with Crippen LogP contribution in [0.5, 0.6) is 5.75 Å². The normalized spacial score (nSPS) is 21.2. The zero-order valence-electron chi connectivity index (χ0n) is 17.7. The Hall–Kier alpha value is -3.30. The number of Topliss-reactive ketones (excluding diaryl/α,β-unsaturated/α-hetero) is 1. The molecule has 168 valence electrons. The van der Waals surface area contributed by atoms with Crippen LogP contribution in [0.4, 0.5) is 4.39 Å². The lowest BCUT2D eigenvalue weighted by atomic mass is 9.96. The van der Waals surface area contributed by atoms with Crippen LogP contribution in [0.15, 0.2) is 48.3 Å². The molecular weight excluding hydrogens is 417 g/mol. The van der Waals surface area contributed by atoms with Gasteiger partial charge in [-0.1, -0.05) is 0 Å². The molecule has 2 aliphatic rings.